The molecular formula is C23H24N4O3. The van der Waals surface area contributed by atoms with E-state index >= 15 is 0 Å². The summed E-state index contributed by atoms with van der Waals surface area (Å²) in [4.78, 5) is 39.6. The number of aromatic nitrogens is 2. The molecule has 1 N–H and O–H groups in total. The molecular weight excluding hydrogens is 380 g/mol. The number of likely N-dealkylation sites (tertiary alicyclic amines) is 1. The summed E-state index contributed by atoms with van der Waals surface area (Å²) < 4.78 is 1.24. The van der Waals surface area contributed by atoms with Gasteiger partial charge >= 0.3 is 0 Å². The highest BCUT2D eigenvalue weighted by Crippen LogP contribution is 2.20. The topological polar surface area (TPSA) is 84.3 Å². The summed E-state index contributed by atoms with van der Waals surface area (Å²) in [5.41, 5.74) is 1.23. The largest absolute Gasteiger partial charge is 0.341 e. The number of benzene rings is 2. The first-order valence-electron chi connectivity index (χ1n) is 10.1. The van der Waals surface area contributed by atoms with Crippen LogP contribution in [0.15, 0.2) is 59.4 Å². The Kier molecular flexibility index (Phi) is 5.61. The van der Waals surface area contributed by atoms with Crippen molar-refractivity contribution in [2.24, 2.45) is 5.92 Å². The number of aryl methyl sites for hydroxylation is 1. The van der Waals surface area contributed by atoms with Crippen molar-refractivity contribution in [1.82, 2.24) is 14.7 Å². The number of carbonyl (C=O) groups excluding carboxylic acids is 2. The van der Waals surface area contributed by atoms with E-state index in [9.17, 15) is 14.4 Å². The zero-order chi connectivity index (χ0) is 21.1. The molecule has 1 aliphatic heterocycles. The molecule has 7 nitrogen and oxygen atoms in total. The zero-order valence-electron chi connectivity index (χ0n) is 16.9. The number of nitrogens with one attached hydrogen (secondary N) is 1. The normalized spacial score (nSPS) is 14.6. The van der Waals surface area contributed by atoms with Crippen LogP contribution in [0.4, 0.5) is 5.69 Å². The van der Waals surface area contributed by atoms with Gasteiger partial charge in [-0.2, -0.15) is 5.10 Å². The van der Waals surface area contributed by atoms with Crippen molar-refractivity contribution in [3.63, 3.8) is 0 Å². The molecule has 0 bridgehead atoms. The average Bonchev–Trinajstić information content (AvgIpc) is 2.78. The molecule has 0 saturated carbocycles. The number of anilines is 1. The highest BCUT2D eigenvalue weighted by atomic mass is 16.2. The molecule has 2 aromatic carbocycles. The molecule has 30 heavy (non-hydrogen) atoms. The van der Waals surface area contributed by atoms with Gasteiger partial charge in [-0.15, -0.1) is 0 Å². The second-order valence-electron chi connectivity index (χ2n) is 7.60. The Morgan fingerprint density at radius 1 is 1.00 bits per heavy atom. The summed E-state index contributed by atoms with van der Waals surface area (Å²) in [6, 6.07) is 16.6. The Morgan fingerprint density at radius 2 is 1.63 bits per heavy atom. The van der Waals surface area contributed by atoms with E-state index in [1.165, 1.54) is 4.68 Å². The molecule has 1 fully saturated rings. The lowest BCUT2D eigenvalue weighted by Gasteiger charge is -2.31. The number of para-hydroxylation sites is 1. The first-order valence-corrected chi connectivity index (χ1v) is 10.1. The lowest BCUT2D eigenvalue weighted by molar-refractivity contribution is -0.135. The van der Waals surface area contributed by atoms with Gasteiger partial charge in [-0.1, -0.05) is 36.4 Å². The molecule has 1 aromatic heterocycles. The predicted molar refractivity (Wildman–Crippen MR) is 115 cm³/mol. The van der Waals surface area contributed by atoms with Crippen molar-refractivity contribution in [1.29, 1.82) is 0 Å². The summed E-state index contributed by atoms with van der Waals surface area (Å²) >= 11 is 0. The molecule has 0 radical (unpaired) electrons. The van der Waals surface area contributed by atoms with Gasteiger partial charge in [-0.3, -0.25) is 14.4 Å². The number of carbonyl (C=O) groups is 2. The Balaban J connectivity index is 1.38. The van der Waals surface area contributed by atoms with Crippen LogP contribution < -0.4 is 10.9 Å². The van der Waals surface area contributed by atoms with E-state index in [-0.39, 0.29) is 29.8 Å². The molecule has 0 unspecified atom stereocenters. The molecule has 0 aliphatic carbocycles. The smallest absolute Gasteiger partial charge is 0.275 e. The van der Waals surface area contributed by atoms with Crippen LogP contribution in [0.25, 0.3) is 10.8 Å². The van der Waals surface area contributed by atoms with E-state index in [1.807, 2.05) is 49.4 Å². The van der Waals surface area contributed by atoms with E-state index in [0.29, 0.717) is 37.0 Å². The minimum absolute atomic E-state index is 0.0173. The molecule has 154 valence electrons. The number of hydrogen-bond acceptors (Lipinski definition) is 4. The first kappa shape index (κ1) is 19.8. The maximum Gasteiger partial charge on any atom is 0.275 e. The van der Waals surface area contributed by atoms with Crippen LogP contribution in [-0.2, 0) is 16.1 Å². The van der Waals surface area contributed by atoms with E-state index in [0.717, 1.165) is 11.1 Å². The fraction of sp³-hybridized carbons (Fsp3) is 0.304. The summed E-state index contributed by atoms with van der Waals surface area (Å²) in [5, 5.41) is 8.61. The predicted octanol–water partition coefficient (Wildman–Crippen LogP) is 2.58. The monoisotopic (exact) mass is 404 g/mol. The van der Waals surface area contributed by atoms with Crippen LogP contribution in [0.1, 0.15) is 18.5 Å². The van der Waals surface area contributed by atoms with Gasteiger partial charge in [0, 0.05) is 30.1 Å². The highest BCUT2D eigenvalue weighted by molar-refractivity contribution is 5.92. The van der Waals surface area contributed by atoms with Crippen molar-refractivity contribution in [2.45, 2.75) is 26.3 Å². The molecule has 1 aliphatic rings. The van der Waals surface area contributed by atoms with E-state index in [4.69, 9.17) is 0 Å². The van der Waals surface area contributed by atoms with Gasteiger partial charge in [-0.05, 0) is 38.0 Å². The lowest BCUT2D eigenvalue weighted by atomic mass is 9.95. The van der Waals surface area contributed by atoms with Crippen molar-refractivity contribution in [3.05, 3.63) is 70.6 Å². The van der Waals surface area contributed by atoms with Crippen LogP contribution in [-0.4, -0.2) is 39.6 Å². The number of hydrogen-bond donors (Lipinski definition) is 1. The third-order valence-corrected chi connectivity index (χ3v) is 5.60. The van der Waals surface area contributed by atoms with E-state index in [2.05, 4.69) is 10.4 Å². The van der Waals surface area contributed by atoms with Crippen molar-refractivity contribution < 1.29 is 9.59 Å². The fourth-order valence-corrected chi connectivity index (χ4v) is 3.90. The third kappa shape index (κ3) is 4.10. The molecule has 1 saturated heterocycles. The van der Waals surface area contributed by atoms with Gasteiger partial charge < -0.3 is 10.2 Å². The Hall–Kier alpha value is -3.48. The standard InChI is InChI=1S/C23H24N4O3/c1-16-19-9-5-6-10-20(19)23(30)27(25-16)15-21(28)26-13-11-17(12-14-26)22(29)24-18-7-3-2-4-8-18/h2-10,17H,11-15H2,1H3,(H,24,29). The SMILES string of the molecule is Cc1nn(CC(=O)N2CCC(C(=O)Nc3ccccc3)CC2)c(=O)c2ccccc12. The average molecular weight is 404 g/mol. The molecule has 0 spiro atoms. The molecule has 4 rings (SSSR count). The number of amides is 2. The minimum atomic E-state index is -0.262. The van der Waals surface area contributed by atoms with Gasteiger partial charge in [-0.25, -0.2) is 4.68 Å². The highest BCUT2D eigenvalue weighted by Gasteiger charge is 2.27. The van der Waals surface area contributed by atoms with Gasteiger partial charge in [0.2, 0.25) is 11.8 Å². The van der Waals surface area contributed by atoms with Gasteiger partial charge in [0.05, 0.1) is 11.1 Å². The maximum absolute atomic E-state index is 12.8. The van der Waals surface area contributed by atoms with Gasteiger partial charge in [0.1, 0.15) is 6.54 Å². The molecule has 7 heteroatoms. The third-order valence-electron chi connectivity index (χ3n) is 5.60. The minimum Gasteiger partial charge on any atom is -0.341 e. The maximum atomic E-state index is 12.8. The van der Waals surface area contributed by atoms with Crippen molar-refractivity contribution in [3.8, 4) is 0 Å². The summed E-state index contributed by atoms with van der Waals surface area (Å²) in [5.74, 6) is -0.296. The van der Waals surface area contributed by atoms with Crippen LogP contribution in [0.3, 0.4) is 0 Å². The quantitative estimate of drug-likeness (QED) is 0.724. The fourth-order valence-electron chi connectivity index (χ4n) is 3.90. The Labute approximate surface area is 174 Å². The second-order valence-corrected chi connectivity index (χ2v) is 7.60. The van der Waals surface area contributed by atoms with E-state index < -0.39 is 0 Å². The Morgan fingerprint density at radius 3 is 2.33 bits per heavy atom. The number of fused-ring (bicyclic) bond motifs is 1. The van der Waals surface area contributed by atoms with Gasteiger partial charge in [0.25, 0.3) is 5.56 Å². The van der Waals surface area contributed by atoms with Crippen LogP contribution in [0.5, 0.6) is 0 Å². The summed E-state index contributed by atoms with van der Waals surface area (Å²) in [6.45, 7) is 2.73. The zero-order valence-corrected chi connectivity index (χ0v) is 16.9. The number of nitrogens with zero attached hydrogens (tertiary/aromatic N) is 3. The Bertz CT molecular complexity index is 1130. The second kappa shape index (κ2) is 8.49. The summed E-state index contributed by atoms with van der Waals surface area (Å²) in [6.07, 6.45) is 1.20. The van der Waals surface area contributed by atoms with Crippen LogP contribution in [0.2, 0.25) is 0 Å². The molecule has 3 aromatic rings. The summed E-state index contributed by atoms with van der Waals surface area (Å²) in [7, 11) is 0. The first-order chi connectivity index (χ1) is 14.5. The molecule has 0 atom stereocenters. The van der Waals surface area contributed by atoms with Gasteiger partial charge in [0.15, 0.2) is 0 Å². The van der Waals surface area contributed by atoms with E-state index in [1.54, 1.807) is 17.0 Å². The lowest BCUT2D eigenvalue weighted by Crippen LogP contribution is -2.44. The van der Waals surface area contributed by atoms with Crippen molar-refractivity contribution in [2.75, 3.05) is 18.4 Å². The molecule has 2 heterocycles. The number of rotatable bonds is 4. The molecule has 2 amide bonds. The van der Waals surface area contributed by atoms with Crippen LogP contribution >= 0.6 is 0 Å². The number of piperidine rings is 1. The van der Waals surface area contributed by atoms with Crippen LogP contribution in [0, 0.1) is 12.8 Å². The van der Waals surface area contributed by atoms with Crippen molar-refractivity contribution >= 4 is 28.3 Å².